The van der Waals surface area contributed by atoms with Gasteiger partial charge < -0.3 is 14.6 Å². The van der Waals surface area contributed by atoms with Gasteiger partial charge in [-0.3, -0.25) is 4.79 Å². The molecule has 5 nitrogen and oxygen atoms in total. The lowest BCUT2D eigenvalue weighted by Gasteiger charge is -2.15. The Labute approximate surface area is 200 Å². The second-order valence-electron chi connectivity index (χ2n) is 7.95. The van der Waals surface area contributed by atoms with E-state index in [1.807, 2.05) is 66.7 Å². The van der Waals surface area contributed by atoms with Crippen molar-refractivity contribution in [3.05, 3.63) is 96.1 Å². The van der Waals surface area contributed by atoms with E-state index < -0.39 is 0 Å². The fourth-order valence-corrected chi connectivity index (χ4v) is 4.19. The smallest absolute Gasteiger partial charge is 0.260 e. The highest BCUT2D eigenvalue weighted by Crippen LogP contribution is 2.42. The van der Waals surface area contributed by atoms with Crippen LogP contribution in [0.2, 0.25) is 0 Å². The Bertz CT molecular complexity index is 1320. The first-order valence-electron chi connectivity index (χ1n) is 11.4. The molecule has 170 valence electrons. The van der Waals surface area contributed by atoms with Crippen molar-refractivity contribution in [2.45, 2.75) is 26.3 Å². The van der Waals surface area contributed by atoms with Crippen LogP contribution in [-0.2, 0) is 6.54 Å². The predicted octanol–water partition coefficient (Wildman–Crippen LogP) is 6.75. The van der Waals surface area contributed by atoms with Crippen molar-refractivity contribution in [3.8, 4) is 34.2 Å². The Morgan fingerprint density at radius 1 is 0.941 bits per heavy atom. The van der Waals surface area contributed by atoms with E-state index in [1.165, 1.54) is 7.11 Å². The third kappa shape index (κ3) is 4.44. The number of para-hydroxylation sites is 1. The Morgan fingerprint density at radius 2 is 1.56 bits per heavy atom. The molecule has 34 heavy (non-hydrogen) atoms. The van der Waals surface area contributed by atoms with Gasteiger partial charge in [0.25, 0.3) is 5.91 Å². The van der Waals surface area contributed by atoms with Crippen LogP contribution in [0.5, 0.6) is 5.75 Å². The number of rotatable bonds is 8. The fraction of sp³-hybridized carbons (Fsp3) is 0.172. The molecule has 0 aliphatic heterocycles. The number of nitrogens with zero attached hydrogens (tertiary/aromatic N) is 2. The van der Waals surface area contributed by atoms with E-state index in [0.717, 1.165) is 35.2 Å². The summed E-state index contributed by atoms with van der Waals surface area (Å²) in [6.45, 7) is 2.80. The molecule has 4 rings (SSSR count). The number of benzene rings is 3. The molecule has 0 saturated heterocycles. The summed E-state index contributed by atoms with van der Waals surface area (Å²) in [4.78, 5) is 13.4. The molecule has 0 atom stereocenters. The summed E-state index contributed by atoms with van der Waals surface area (Å²) in [7, 11) is 1.54. The molecule has 0 fully saturated rings. The number of hydrogen-bond acceptors (Lipinski definition) is 3. The minimum atomic E-state index is -0.316. The normalized spacial score (nSPS) is 10.5. The minimum Gasteiger partial charge on any atom is -0.496 e. The SMILES string of the molecule is CCCCn1c(NC(=O)c2ccccc2OC)c(C#N)c(-c2ccccc2)c1-c1ccccc1. The zero-order chi connectivity index (χ0) is 23.9. The van der Waals surface area contributed by atoms with E-state index in [1.54, 1.807) is 18.2 Å². The zero-order valence-corrected chi connectivity index (χ0v) is 19.4. The molecular formula is C29H27N3O2. The lowest BCUT2D eigenvalue weighted by atomic mass is 9.98. The zero-order valence-electron chi connectivity index (χ0n) is 19.4. The minimum absolute atomic E-state index is 0.316. The van der Waals surface area contributed by atoms with Crippen LogP contribution in [0.1, 0.15) is 35.7 Å². The maximum Gasteiger partial charge on any atom is 0.260 e. The topological polar surface area (TPSA) is 67.1 Å². The van der Waals surface area contributed by atoms with Crippen LogP contribution >= 0.6 is 0 Å². The average Bonchev–Trinajstić information content (AvgIpc) is 3.21. The molecular weight excluding hydrogens is 422 g/mol. The second kappa shape index (κ2) is 10.5. The quantitative estimate of drug-likeness (QED) is 0.323. The first-order valence-corrected chi connectivity index (χ1v) is 11.4. The van der Waals surface area contributed by atoms with Gasteiger partial charge in [0.15, 0.2) is 0 Å². The number of unbranched alkanes of at least 4 members (excludes halogenated alkanes) is 1. The van der Waals surface area contributed by atoms with Crippen molar-refractivity contribution < 1.29 is 9.53 Å². The molecule has 4 aromatic rings. The number of anilines is 1. The Hall–Kier alpha value is -4.30. The van der Waals surface area contributed by atoms with Gasteiger partial charge in [-0.1, -0.05) is 86.1 Å². The van der Waals surface area contributed by atoms with Gasteiger partial charge in [0.05, 0.1) is 18.4 Å². The maximum atomic E-state index is 13.4. The summed E-state index contributed by atoms with van der Waals surface area (Å²) in [5, 5.41) is 13.4. The van der Waals surface area contributed by atoms with Crippen LogP contribution < -0.4 is 10.1 Å². The van der Waals surface area contributed by atoms with Crippen LogP contribution in [0.15, 0.2) is 84.9 Å². The van der Waals surface area contributed by atoms with E-state index in [-0.39, 0.29) is 5.91 Å². The van der Waals surface area contributed by atoms with E-state index in [4.69, 9.17) is 4.74 Å². The van der Waals surface area contributed by atoms with Crippen LogP contribution in [-0.4, -0.2) is 17.6 Å². The molecule has 1 heterocycles. The molecule has 5 heteroatoms. The molecule has 0 aliphatic rings. The van der Waals surface area contributed by atoms with Gasteiger partial charge in [0, 0.05) is 12.1 Å². The Balaban J connectivity index is 1.96. The maximum absolute atomic E-state index is 13.4. The van der Waals surface area contributed by atoms with Gasteiger partial charge in [-0.25, -0.2) is 0 Å². The third-order valence-corrected chi connectivity index (χ3v) is 5.80. The highest BCUT2D eigenvalue weighted by molar-refractivity contribution is 6.08. The molecule has 0 radical (unpaired) electrons. The van der Waals surface area contributed by atoms with Crippen LogP contribution in [0.3, 0.4) is 0 Å². The fourth-order valence-electron chi connectivity index (χ4n) is 4.19. The molecule has 0 bridgehead atoms. The number of carbonyl (C=O) groups excluding carboxylic acids is 1. The number of hydrogen-bond donors (Lipinski definition) is 1. The highest BCUT2D eigenvalue weighted by Gasteiger charge is 2.26. The van der Waals surface area contributed by atoms with Gasteiger partial charge in [0.1, 0.15) is 23.2 Å². The van der Waals surface area contributed by atoms with E-state index >= 15 is 0 Å². The number of amides is 1. The summed E-state index contributed by atoms with van der Waals surface area (Å²) in [6.07, 6.45) is 1.89. The molecule has 0 saturated carbocycles. The Morgan fingerprint density at radius 3 is 2.18 bits per heavy atom. The van der Waals surface area contributed by atoms with Crippen molar-refractivity contribution in [2.24, 2.45) is 0 Å². The monoisotopic (exact) mass is 449 g/mol. The number of nitriles is 1. The van der Waals surface area contributed by atoms with Crippen molar-refractivity contribution in [1.29, 1.82) is 5.26 Å². The number of nitrogens with one attached hydrogen (secondary N) is 1. The third-order valence-electron chi connectivity index (χ3n) is 5.80. The predicted molar refractivity (Wildman–Crippen MR) is 136 cm³/mol. The van der Waals surface area contributed by atoms with Crippen molar-refractivity contribution in [3.63, 3.8) is 0 Å². The van der Waals surface area contributed by atoms with E-state index in [9.17, 15) is 10.1 Å². The van der Waals surface area contributed by atoms with Gasteiger partial charge in [-0.05, 0) is 29.7 Å². The standard InChI is InChI=1S/C29H27N3O2/c1-3-4-19-32-27(22-15-9-6-10-16-22)26(21-13-7-5-8-14-21)24(20-30)28(32)31-29(33)23-17-11-12-18-25(23)34-2/h5-18H,3-4,19H2,1-2H3,(H,31,33). The number of aromatic nitrogens is 1. The van der Waals surface area contributed by atoms with Gasteiger partial charge in [0.2, 0.25) is 0 Å². The second-order valence-corrected chi connectivity index (χ2v) is 7.95. The average molecular weight is 450 g/mol. The van der Waals surface area contributed by atoms with Crippen molar-refractivity contribution >= 4 is 11.7 Å². The van der Waals surface area contributed by atoms with Crippen LogP contribution in [0.4, 0.5) is 5.82 Å². The van der Waals surface area contributed by atoms with Gasteiger partial charge in [-0.15, -0.1) is 0 Å². The lowest BCUT2D eigenvalue weighted by molar-refractivity contribution is 0.102. The number of carbonyl (C=O) groups is 1. The van der Waals surface area contributed by atoms with E-state index in [2.05, 4.69) is 22.9 Å². The van der Waals surface area contributed by atoms with Crippen LogP contribution in [0.25, 0.3) is 22.4 Å². The summed E-state index contributed by atoms with van der Waals surface area (Å²) in [6, 6.07) is 29.4. The molecule has 0 aliphatic carbocycles. The van der Waals surface area contributed by atoms with Gasteiger partial charge in [-0.2, -0.15) is 5.26 Å². The first-order chi connectivity index (χ1) is 16.7. The van der Waals surface area contributed by atoms with Gasteiger partial charge >= 0.3 is 0 Å². The molecule has 0 unspecified atom stereocenters. The molecule has 1 aromatic heterocycles. The largest absolute Gasteiger partial charge is 0.496 e. The molecule has 1 N–H and O–H groups in total. The summed E-state index contributed by atoms with van der Waals surface area (Å²) in [5.74, 6) is 0.671. The van der Waals surface area contributed by atoms with E-state index in [0.29, 0.717) is 29.2 Å². The van der Waals surface area contributed by atoms with Crippen molar-refractivity contribution in [1.82, 2.24) is 4.57 Å². The molecule has 0 spiro atoms. The molecule has 1 amide bonds. The summed E-state index contributed by atoms with van der Waals surface area (Å²) < 4.78 is 7.47. The number of methoxy groups -OCH3 is 1. The highest BCUT2D eigenvalue weighted by atomic mass is 16.5. The molecule has 3 aromatic carbocycles. The summed E-state index contributed by atoms with van der Waals surface area (Å²) in [5.41, 5.74) is 4.53. The van der Waals surface area contributed by atoms with Crippen LogP contribution in [0, 0.1) is 11.3 Å². The Kier molecular flexibility index (Phi) is 7.10. The number of ether oxygens (including phenoxy) is 1. The lowest BCUT2D eigenvalue weighted by Crippen LogP contribution is -2.17. The summed E-state index contributed by atoms with van der Waals surface area (Å²) >= 11 is 0. The van der Waals surface area contributed by atoms with Crippen molar-refractivity contribution in [2.75, 3.05) is 12.4 Å². The first kappa shape index (κ1) is 22.9.